The van der Waals surface area contributed by atoms with Gasteiger partial charge in [-0.3, -0.25) is 14.2 Å². The Morgan fingerprint density at radius 1 is 1.57 bits per heavy atom. The molecule has 0 spiro atoms. The van der Waals surface area contributed by atoms with Crippen LogP contribution in [-0.2, 0) is 11.3 Å². The molecule has 3 heterocycles. The molecule has 0 aromatic carbocycles. The van der Waals surface area contributed by atoms with Crippen LogP contribution in [0.15, 0.2) is 22.6 Å². The standard InChI is InChI=1S/C14H17N3O3S/c1-9-2-4-17(11(9)7-18)12(19)6-16-8-15-13-10(14(16)20)3-5-21-13/h3,5,8-9,11,18H,2,4,6-7H2,1H3. The number of amides is 1. The van der Waals surface area contributed by atoms with Gasteiger partial charge in [0.1, 0.15) is 11.4 Å². The summed E-state index contributed by atoms with van der Waals surface area (Å²) in [5.41, 5.74) is -0.192. The van der Waals surface area contributed by atoms with Crippen LogP contribution in [0.2, 0.25) is 0 Å². The van der Waals surface area contributed by atoms with Crippen molar-refractivity contribution in [3.05, 3.63) is 28.1 Å². The van der Waals surface area contributed by atoms with Gasteiger partial charge in [-0.05, 0) is 23.8 Å². The van der Waals surface area contributed by atoms with E-state index in [2.05, 4.69) is 4.98 Å². The molecule has 3 rings (SSSR count). The normalized spacial score (nSPS) is 22.1. The summed E-state index contributed by atoms with van der Waals surface area (Å²) >= 11 is 1.41. The highest BCUT2D eigenvalue weighted by atomic mass is 32.1. The molecule has 1 aliphatic rings. The van der Waals surface area contributed by atoms with Crippen LogP contribution >= 0.6 is 11.3 Å². The topological polar surface area (TPSA) is 75.4 Å². The van der Waals surface area contributed by atoms with E-state index in [1.807, 2.05) is 12.3 Å². The van der Waals surface area contributed by atoms with Crippen LogP contribution in [0.3, 0.4) is 0 Å². The van der Waals surface area contributed by atoms with Gasteiger partial charge < -0.3 is 10.0 Å². The number of hydrogen-bond acceptors (Lipinski definition) is 5. The van der Waals surface area contributed by atoms with Gasteiger partial charge in [0, 0.05) is 6.54 Å². The molecule has 6 nitrogen and oxygen atoms in total. The summed E-state index contributed by atoms with van der Waals surface area (Å²) in [5, 5.41) is 11.8. The molecular weight excluding hydrogens is 290 g/mol. The summed E-state index contributed by atoms with van der Waals surface area (Å²) in [4.78, 5) is 31.2. The molecule has 0 radical (unpaired) electrons. The minimum atomic E-state index is -0.192. The lowest BCUT2D eigenvalue weighted by atomic mass is 10.0. The van der Waals surface area contributed by atoms with Crippen molar-refractivity contribution >= 4 is 27.5 Å². The van der Waals surface area contributed by atoms with Crippen molar-refractivity contribution in [2.24, 2.45) is 5.92 Å². The van der Waals surface area contributed by atoms with E-state index >= 15 is 0 Å². The Balaban J connectivity index is 1.83. The van der Waals surface area contributed by atoms with Crippen molar-refractivity contribution < 1.29 is 9.90 Å². The summed E-state index contributed by atoms with van der Waals surface area (Å²) in [6, 6.07) is 1.58. The summed E-state index contributed by atoms with van der Waals surface area (Å²) in [6.07, 6.45) is 2.31. The molecule has 2 atom stereocenters. The highest BCUT2D eigenvalue weighted by Gasteiger charge is 2.33. The minimum Gasteiger partial charge on any atom is -0.394 e. The van der Waals surface area contributed by atoms with Crippen LogP contribution in [0.1, 0.15) is 13.3 Å². The highest BCUT2D eigenvalue weighted by molar-refractivity contribution is 7.16. The van der Waals surface area contributed by atoms with Gasteiger partial charge in [-0.25, -0.2) is 4.98 Å². The van der Waals surface area contributed by atoms with Crippen molar-refractivity contribution in [1.82, 2.24) is 14.5 Å². The van der Waals surface area contributed by atoms with E-state index in [0.29, 0.717) is 16.8 Å². The molecule has 1 saturated heterocycles. The van der Waals surface area contributed by atoms with Crippen LogP contribution < -0.4 is 5.56 Å². The first kappa shape index (κ1) is 14.2. The number of thiophene rings is 1. The Labute approximate surface area is 125 Å². The van der Waals surface area contributed by atoms with Crippen molar-refractivity contribution in [2.75, 3.05) is 13.2 Å². The van der Waals surface area contributed by atoms with Crippen LogP contribution in [0, 0.1) is 5.92 Å². The van der Waals surface area contributed by atoms with Crippen LogP contribution in [0.25, 0.3) is 10.2 Å². The molecule has 2 aromatic rings. The number of aliphatic hydroxyl groups is 1. The van der Waals surface area contributed by atoms with Gasteiger partial charge in [0.05, 0.1) is 24.4 Å². The first-order valence-electron chi connectivity index (χ1n) is 6.94. The number of hydrogen-bond donors (Lipinski definition) is 1. The fourth-order valence-corrected chi connectivity index (χ4v) is 3.56. The molecule has 1 fully saturated rings. The van der Waals surface area contributed by atoms with E-state index in [4.69, 9.17) is 0 Å². The number of aliphatic hydroxyl groups excluding tert-OH is 1. The molecule has 1 aliphatic heterocycles. The molecule has 2 unspecified atom stereocenters. The molecule has 112 valence electrons. The third-order valence-corrected chi connectivity index (χ3v) is 4.97. The van der Waals surface area contributed by atoms with E-state index in [1.165, 1.54) is 22.2 Å². The summed E-state index contributed by atoms with van der Waals surface area (Å²) in [7, 11) is 0. The van der Waals surface area contributed by atoms with Crippen LogP contribution in [-0.4, -0.2) is 44.7 Å². The molecule has 7 heteroatoms. The quantitative estimate of drug-likeness (QED) is 0.905. The Kier molecular flexibility index (Phi) is 3.77. The Hall–Kier alpha value is -1.73. The van der Waals surface area contributed by atoms with Gasteiger partial charge in [0.2, 0.25) is 5.91 Å². The van der Waals surface area contributed by atoms with Crippen molar-refractivity contribution in [3.63, 3.8) is 0 Å². The number of carbonyl (C=O) groups is 1. The first-order chi connectivity index (χ1) is 10.1. The molecule has 0 saturated carbocycles. The lowest BCUT2D eigenvalue weighted by Crippen LogP contribution is -2.42. The first-order valence-corrected chi connectivity index (χ1v) is 7.82. The molecule has 21 heavy (non-hydrogen) atoms. The maximum atomic E-state index is 12.4. The monoisotopic (exact) mass is 307 g/mol. The predicted molar refractivity (Wildman–Crippen MR) is 80.2 cm³/mol. The average molecular weight is 307 g/mol. The van der Waals surface area contributed by atoms with Crippen LogP contribution in [0.4, 0.5) is 0 Å². The van der Waals surface area contributed by atoms with Crippen molar-refractivity contribution in [1.29, 1.82) is 0 Å². The summed E-state index contributed by atoms with van der Waals surface area (Å²) in [5.74, 6) is 0.144. The van der Waals surface area contributed by atoms with Gasteiger partial charge in [-0.1, -0.05) is 6.92 Å². The number of likely N-dealkylation sites (tertiary alicyclic amines) is 1. The lowest BCUT2D eigenvalue weighted by Gasteiger charge is -2.25. The number of rotatable bonds is 3. The maximum Gasteiger partial charge on any atom is 0.262 e. The molecule has 1 N–H and O–H groups in total. The average Bonchev–Trinajstić information content (AvgIpc) is 3.08. The number of fused-ring (bicyclic) bond motifs is 1. The van der Waals surface area contributed by atoms with Gasteiger partial charge in [0.25, 0.3) is 5.56 Å². The van der Waals surface area contributed by atoms with E-state index < -0.39 is 0 Å². The fraction of sp³-hybridized carbons (Fsp3) is 0.500. The molecule has 0 aliphatic carbocycles. The largest absolute Gasteiger partial charge is 0.394 e. The van der Waals surface area contributed by atoms with Gasteiger partial charge >= 0.3 is 0 Å². The van der Waals surface area contributed by atoms with Gasteiger partial charge in [-0.2, -0.15) is 0 Å². The molecule has 0 bridgehead atoms. The third kappa shape index (κ3) is 2.47. The van der Waals surface area contributed by atoms with E-state index in [0.717, 1.165) is 6.42 Å². The van der Waals surface area contributed by atoms with E-state index in [1.54, 1.807) is 11.0 Å². The summed E-state index contributed by atoms with van der Waals surface area (Å²) in [6.45, 7) is 2.60. The van der Waals surface area contributed by atoms with E-state index in [9.17, 15) is 14.7 Å². The SMILES string of the molecule is CC1CCN(C(=O)Cn2cnc3sccc3c2=O)C1CO. The maximum absolute atomic E-state index is 12.4. The number of carbonyl (C=O) groups excluding carboxylic acids is 1. The van der Waals surface area contributed by atoms with Crippen LogP contribution in [0.5, 0.6) is 0 Å². The molecular formula is C14H17N3O3S. The zero-order chi connectivity index (χ0) is 15.0. The Morgan fingerprint density at radius 2 is 2.38 bits per heavy atom. The van der Waals surface area contributed by atoms with E-state index in [-0.39, 0.29) is 36.6 Å². The van der Waals surface area contributed by atoms with Crippen molar-refractivity contribution in [2.45, 2.75) is 25.9 Å². The number of aromatic nitrogens is 2. The smallest absolute Gasteiger partial charge is 0.262 e. The third-order valence-electron chi connectivity index (χ3n) is 4.15. The van der Waals surface area contributed by atoms with Gasteiger partial charge in [0.15, 0.2) is 0 Å². The second-order valence-electron chi connectivity index (χ2n) is 5.42. The minimum absolute atomic E-state index is 0.0269. The Morgan fingerprint density at radius 3 is 3.14 bits per heavy atom. The number of nitrogens with zero attached hydrogens (tertiary/aromatic N) is 3. The van der Waals surface area contributed by atoms with Crippen molar-refractivity contribution in [3.8, 4) is 0 Å². The fourth-order valence-electron chi connectivity index (χ4n) is 2.84. The predicted octanol–water partition coefficient (Wildman–Crippen LogP) is 0.687. The van der Waals surface area contributed by atoms with Gasteiger partial charge in [-0.15, -0.1) is 11.3 Å². The summed E-state index contributed by atoms with van der Waals surface area (Å²) < 4.78 is 1.34. The zero-order valence-corrected chi connectivity index (χ0v) is 12.5. The second kappa shape index (κ2) is 5.57. The lowest BCUT2D eigenvalue weighted by molar-refractivity contribution is -0.133. The second-order valence-corrected chi connectivity index (χ2v) is 6.31. The molecule has 2 aromatic heterocycles. The zero-order valence-electron chi connectivity index (χ0n) is 11.7. The molecule has 1 amide bonds. The highest BCUT2D eigenvalue weighted by Crippen LogP contribution is 2.23. The Bertz CT molecular complexity index is 724.